The van der Waals surface area contributed by atoms with Gasteiger partial charge in [0.25, 0.3) is 0 Å². The lowest BCUT2D eigenvalue weighted by Crippen LogP contribution is -2.22. The molecule has 0 amide bonds. The van der Waals surface area contributed by atoms with Gasteiger partial charge >= 0.3 is 0 Å². The van der Waals surface area contributed by atoms with E-state index in [1.807, 2.05) is 18.2 Å². The van der Waals surface area contributed by atoms with Crippen molar-refractivity contribution >= 4 is 5.69 Å². The molecule has 0 bridgehead atoms. The molecule has 0 aliphatic heterocycles. The minimum absolute atomic E-state index is 0.304. The highest BCUT2D eigenvalue weighted by Crippen LogP contribution is 2.55. The standard InChI is InChI=1S/C44H42N2O/c1-28(2)31-20-13-21-32(29(3)4)42(31)45-27-30-15-12-26-41(46-30)36-19-7-6-16-33(36)37-22-14-25-40(43(37)47)44(5)38-23-10-8-17-34(38)35-18-9-11-24-39(35)44/h6-26,28-29,45,47H,27H2,1-5H3. The molecule has 3 heteroatoms. The molecule has 0 unspecified atom stereocenters. The summed E-state index contributed by atoms with van der Waals surface area (Å²) in [4.78, 5) is 5.15. The molecule has 1 heterocycles. The van der Waals surface area contributed by atoms with Crippen LogP contribution in [-0.4, -0.2) is 10.1 Å². The number of para-hydroxylation sites is 2. The van der Waals surface area contributed by atoms with Crippen LogP contribution in [0.1, 0.15) is 80.0 Å². The zero-order valence-corrected chi connectivity index (χ0v) is 27.9. The number of phenols is 1. The van der Waals surface area contributed by atoms with E-state index in [1.54, 1.807) is 0 Å². The topological polar surface area (TPSA) is 45.1 Å². The summed E-state index contributed by atoms with van der Waals surface area (Å²) in [6, 6.07) is 44.4. The van der Waals surface area contributed by atoms with Crippen molar-refractivity contribution in [3.8, 4) is 39.3 Å². The van der Waals surface area contributed by atoms with Crippen LogP contribution in [0.2, 0.25) is 0 Å². The molecular weight excluding hydrogens is 572 g/mol. The average molecular weight is 615 g/mol. The Morgan fingerprint density at radius 2 is 1.04 bits per heavy atom. The molecule has 3 nitrogen and oxygen atoms in total. The molecule has 0 fully saturated rings. The van der Waals surface area contributed by atoms with Crippen LogP contribution < -0.4 is 5.32 Å². The Labute approximate surface area is 279 Å². The summed E-state index contributed by atoms with van der Waals surface area (Å²) in [6.45, 7) is 11.8. The average Bonchev–Trinajstić information content (AvgIpc) is 3.36. The van der Waals surface area contributed by atoms with Crippen molar-refractivity contribution in [2.45, 2.75) is 58.4 Å². The number of phenolic OH excluding ortho intramolecular Hbond substituents is 1. The predicted molar refractivity (Wildman–Crippen MR) is 196 cm³/mol. The van der Waals surface area contributed by atoms with Crippen LogP contribution in [-0.2, 0) is 12.0 Å². The third-order valence-corrected chi connectivity index (χ3v) is 9.92. The third-order valence-electron chi connectivity index (χ3n) is 9.92. The monoisotopic (exact) mass is 614 g/mol. The molecule has 1 aliphatic rings. The normalized spacial score (nSPS) is 13.1. The molecule has 234 valence electrons. The van der Waals surface area contributed by atoms with E-state index in [1.165, 1.54) is 39.1 Å². The van der Waals surface area contributed by atoms with Gasteiger partial charge in [0.1, 0.15) is 5.75 Å². The van der Waals surface area contributed by atoms with E-state index >= 15 is 0 Å². The Balaban J connectivity index is 1.27. The molecule has 7 rings (SSSR count). The minimum atomic E-state index is -0.493. The second-order valence-electron chi connectivity index (χ2n) is 13.5. The highest BCUT2D eigenvalue weighted by atomic mass is 16.3. The van der Waals surface area contributed by atoms with Gasteiger partial charge in [0.15, 0.2) is 0 Å². The minimum Gasteiger partial charge on any atom is -0.507 e. The fourth-order valence-corrected chi connectivity index (χ4v) is 7.51. The molecule has 6 aromatic rings. The maximum Gasteiger partial charge on any atom is 0.127 e. The zero-order valence-electron chi connectivity index (χ0n) is 27.9. The van der Waals surface area contributed by atoms with E-state index in [4.69, 9.17) is 4.98 Å². The lowest BCUT2D eigenvalue weighted by atomic mass is 9.73. The van der Waals surface area contributed by atoms with Crippen molar-refractivity contribution in [2.75, 3.05) is 5.32 Å². The maximum absolute atomic E-state index is 12.2. The molecular formula is C44H42N2O. The van der Waals surface area contributed by atoms with Gasteiger partial charge in [-0.25, -0.2) is 0 Å². The van der Waals surface area contributed by atoms with Crippen molar-refractivity contribution in [3.05, 3.63) is 161 Å². The first-order chi connectivity index (χ1) is 22.8. The van der Waals surface area contributed by atoms with Gasteiger partial charge in [0, 0.05) is 27.8 Å². The largest absolute Gasteiger partial charge is 0.507 e. The molecule has 1 aliphatic carbocycles. The summed E-state index contributed by atoms with van der Waals surface area (Å²) in [5.74, 6) is 1.14. The van der Waals surface area contributed by atoms with E-state index in [2.05, 4.69) is 149 Å². The zero-order chi connectivity index (χ0) is 32.7. The summed E-state index contributed by atoms with van der Waals surface area (Å²) >= 11 is 0. The van der Waals surface area contributed by atoms with Crippen molar-refractivity contribution in [1.29, 1.82) is 0 Å². The number of aromatic hydroxyl groups is 1. The van der Waals surface area contributed by atoms with Crippen LogP contribution in [0.4, 0.5) is 5.69 Å². The predicted octanol–water partition coefficient (Wildman–Crippen LogP) is 11.3. The van der Waals surface area contributed by atoms with Crippen LogP contribution in [0.3, 0.4) is 0 Å². The van der Waals surface area contributed by atoms with Crippen LogP contribution in [0.5, 0.6) is 5.75 Å². The Morgan fingerprint density at radius 1 is 0.553 bits per heavy atom. The molecule has 0 atom stereocenters. The Bertz CT molecular complexity index is 2020. The number of hydrogen-bond acceptors (Lipinski definition) is 3. The molecule has 1 aromatic heterocycles. The van der Waals surface area contributed by atoms with E-state index < -0.39 is 5.41 Å². The number of nitrogens with zero attached hydrogens (tertiary/aromatic N) is 1. The molecule has 2 N–H and O–H groups in total. The first-order valence-corrected chi connectivity index (χ1v) is 16.7. The number of rotatable bonds is 8. The number of fused-ring (bicyclic) bond motifs is 3. The summed E-state index contributed by atoms with van der Waals surface area (Å²) in [5, 5.41) is 15.9. The van der Waals surface area contributed by atoms with Gasteiger partial charge < -0.3 is 10.4 Å². The highest BCUT2D eigenvalue weighted by molar-refractivity contribution is 5.88. The molecule has 47 heavy (non-hydrogen) atoms. The van der Waals surface area contributed by atoms with Crippen molar-refractivity contribution in [1.82, 2.24) is 4.98 Å². The molecule has 0 saturated heterocycles. The van der Waals surface area contributed by atoms with Crippen LogP contribution in [0, 0.1) is 0 Å². The quantitative estimate of drug-likeness (QED) is 0.179. The first-order valence-electron chi connectivity index (χ1n) is 16.7. The number of pyridine rings is 1. The van der Waals surface area contributed by atoms with Gasteiger partial charge in [0.2, 0.25) is 0 Å². The second-order valence-corrected chi connectivity index (χ2v) is 13.5. The second kappa shape index (κ2) is 12.2. The number of hydrogen-bond donors (Lipinski definition) is 2. The lowest BCUT2D eigenvalue weighted by Gasteiger charge is -2.30. The van der Waals surface area contributed by atoms with Crippen molar-refractivity contribution < 1.29 is 5.11 Å². The number of aromatic nitrogens is 1. The molecule has 5 aromatic carbocycles. The van der Waals surface area contributed by atoms with Gasteiger partial charge in [-0.2, -0.15) is 0 Å². The van der Waals surface area contributed by atoms with Gasteiger partial charge in [-0.05, 0) is 69.8 Å². The summed E-state index contributed by atoms with van der Waals surface area (Å²) < 4.78 is 0. The number of nitrogens with one attached hydrogen (secondary N) is 1. The van der Waals surface area contributed by atoms with Gasteiger partial charge in [-0.15, -0.1) is 0 Å². The lowest BCUT2D eigenvalue weighted by molar-refractivity contribution is 0.460. The van der Waals surface area contributed by atoms with E-state index in [9.17, 15) is 5.11 Å². The Morgan fingerprint density at radius 3 is 1.66 bits per heavy atom. The number of anilines is 1. The molecule has 0 radical (unpaired) electrons. The Hall–Kier alpha value is -5.15. The van der Waals surface area contributed by atoms with Crippen LogP contribution in [0.15, 0.2) is 127 Å². The maximum atomic E-state index is 12.2. The van der Waals surface area contributed by atoms with E-state index in [0.29, 0.717) is 24.1 Å². The molecule has 0 saturated carbocycles. The summed E-state index contributed by atoms with van der Waals surface area (Å²) in [7, 11) is 0. The van der Waals surface area contributed by atoms with Crippen LogP contribution >= 0.6 is 0 Å². The fraction of sp³-hybridized carbons (Fsp3) is 0.205. The summed E-state index contributed by atoms with van der Waals surface area (Å²) in [5.41, 5.74) is 13.8. The third kappa shape index (κ3) is 5.20. The SMILES string of the molecule is CC(C)c1cccc(C(C)C)c1NCc1cccc(-c2ccccc2-c2cccc(C3(C)c4ccccc4-c4ccccc43)c2O)n1. The van der Waals surface area contributed by atoms with Crippen molar-refractivity contribution in [3.63, 3.8) is 0 Å². The first kappa shape index (κ1) is 30.5. The van der Waals surface area contributed by atoms with Gasteiger partial charge in [-0.1, -0.05) is 143 Å². The van der Waals surface area contributed by atoms with E-state index in [-0.39, 0.29) is 0 Å². The van der Waals surface area contributed by atoms with E-state index in [0.717, 1.165) is 33.6 Å². The van der Waals surface area contributed by atoms with Gasteiger partial charge in [-0.3, -0.25) is 4.98 Å². The molecule has 0 spiro atoms. The van der Waals surface area contributed by atoms with Crippen LogP contribution in [0.25, 0.3) is 33.5 Å². The smallest absolute Gasteiger partial charge is 0.127 e. The summed E-state index contributed by atoms with van der Waals surface area (Å²) in [6.07, 6.45) is 0. The number of benzene rings is 5. The van der Waals surface area contributed by atoms with Crippen molar-refractivity contribution in [2.24, 2.45) is 0 Å². The highest BCUT2D eigenvalue weighted by Gasteiger charge is 2.42. The Kier molecular flexibility index (Phi) is 7.93. The van der Waals surface area contributed by atoms with Gasteiger partial charge in [0.05, 0.1) is 17.9 Å². The fourth-order valence-electron chi connectivity index (χ4n) is 7.51.